The molecule has 1 amide bonds. The largest absolute Gasteiger partial charge is 0.427 e. The standard InChI is InChI=1S/C22H27N3O6S2/c1-10-13(12-7-24-8-23-17(32-6)19(24)33-12)16(25-15(10)14(11(2)26)18(25)27)20(28)30-9-31-21(29)22(3,4)5/h7-8,10-11,14-15,26H,9H2,1-6H3/t10-,11+,14+,15+/m0/s1. The van der Waals surface area contributed by atoms with Crippen LogP contribution in [0.15, 0.2) is 23.2 Å². The number of amides is 1. The Hall–Kier alpha value is -2.37. The highest BCUT2D eigenvalue weighted by Gasteiger charge is 2.60. The van der Waals surface area contributed by atoms with E-state index >= 15 is 0 Å². The van der Waals surface area contributed by atoms with E-state index in [4.69, 9.17) is 9.47 Å². The van der Waals surface area contributed by atoms with Crippen LogP contribution >= 0.6 is 23.1 Å². The number of rotatable bonds is 6. The molecule has 178 valence electrons. The van der Waals surface area contributed by atoms with Crippen LogP contribution < -0.4 is 0 Å². The Morgan fingerprint density at radius 3 is 2.64 bits per heavy atom. The zero-order valence-electron chi connectivity index (χ0n) is 19.3. The van der Waals surface area contributed by atoms with E-state index in [0.29, 0.717) is 5.57 Å². The summed E-state index contributed by atoms with van der Waals surface area (Å²) >= 11 is 3.01. The first-order valence-electron chi connectivity index (χ1n) is 10.6. The van der Waals surface area contributed by atoms with E-state index in [1.165, 1.54) is 28.0 Å². The van der Waals surface area contributed by atoms with E-state index < -0.39 is 36.2 Å². The molecule has 4 atom stereocenters. The van der Waals surface area contributed by atoms with Crippen molar-refractivity contribution in [1.29, 1.82) is 0 Å². The van der Waals surface area contributed by atoms with E-state index in [1.807, 2.05) is 23.8 Å². The van der Waals surface area contributed by atoms with Gasteiger partial charge in [0.25, 0.3) is 0 Å². The number of fused-ring (bicyclic) bond motifs is 2. The fourth-order valence-corrected chi connectivity index (χ4v) is 6.27. The number of esters is 2. The summed E-state index contributed by atoms with van der Waals surface area (Å²) in [5, 5.41) is 11.0. The van der Waals surface area contributed by atoms with Crippen LogP contribution in [0.1, 0.15) is 39.5 Å². The van der Waals surface area contributed by atoms with Crippen molar-refractivity contribution in [3.8, 4) is 0 Å². The molecule has 2 aromatic heterocycles. The van der Waals surface area contributed by atoms with Crippen LogP contribution in [0, 0.1) is 17.3 Å². The SMILES string of the molecule is CSc1ncn2cc(C3=C(C(=O)OCOC(=O)C(C)(C)C)N4C(=O)[C@H]([C@@H](C)O)[C@H]4[C@H]3C)sc12. The fraction of sp³-hybridized carbons (Fsp3) is 0.545. The topological polar surface area (TPSA) is 110 Å². The molecule has 2 aromatic rings. The minimum atomic E-state index is -0.836. The average molecular weight is 494 g/mol. The number of nitrogens with zero attached hydrogens (tertiary/aromatic N) is 3. The van der Waals surface area contributed by atoms with Crippen LogP contribution in [-0.2, 0) is 23.9 Å². The third-order valence-corrected chi connectivity index (χ3v) is 7.95. The van der Waals surface area contributed by atoms with Gasteiger partial charge in [0.2, 0.25) is 12.7 Å². The summed E-state index contributed by atoms with van der Waals surface area (Å²) in [6.07, 6.45) is 4.71. The molecule has 4 heterocycles. The van der Waals surface area contributed by atoms with Crippen LogP contribution in [0.5, 0.6) is 0 Å². The molecule has 1 saturated heterocycles. The summed E-state index contributed by atoms with van der Waals surface area (Å²) in [6.45, 7) is 8.09. The maximum atomic E-state index is 13.1. The zero-order valence-corrected chi connectivity index (χ0v) is 21.0. The molecule has 0 aromatic carbocycles. The number of carbonyl (C=O) groups excluding carboxylic acids is 3. The highest BCUT2D eigenvalue weighted by atomic mass is 32.2. The second-order valence-corrected chi connectivity index (χ2v) is 11.1. The molecule has 0 unspecified atom stereocenters. The Morgan fingerprint density at radius 2 is 2.03 bits per heavy atom. The maximum Gasteiger partial charge on any atom is 0.358 e. The van der Waals surface area contributed by atoms with Gasteiger partial charge in [0.15, 0.2) is 0 Å². The molecule has 2 aliphatic rings. The quantitative estimate of drug-likeness (QED) is 0.283. The lowest BCUT2D eigenvalue weighted by atomic mass is 9.77. The molecule has 2 aliphatic heterocycles. The monoisotopic (exact) mass is 493 g/mol. The van der Waals surface area contributed by atoms with E-state index in [0.717, 1.165) is 14.7 Å². The molecular formula is C22H27N3O6S2. The van der Waals surface area contributed by atoms with Crippen molar-refractivity contribution in [1.82, 2.24) is 14.3 Å². The fourth-order valence-electron chi connectivity index (χ4n) is 4.35. The van der Waals surface area contributed by atoms with Gasteiger partial charge in [0.05, 0.1) is 28.4 Å². The van der Waals surface area contributed by atoms with Crippen molar-refractivity contribution in [2.45, 2.75) is 51.8 Å². The summed E-state index contributed by atoms with van der Waals surface area (Å²) in [4.78, 5) is 45.6. The lowest BCUT2D eigenvalue weighted by Gasteiger charge is -2.46. The molecule has 4 rings (SSSR count). The normalized spacial score (nSPS) is 23.5. The number of thiazole rings is 1. The lowest BCUT2D eigenvalue weighted by Crippen LogP contribution is -2.63. The van der Waals surface area contributed by atoms with Crippen LogP contribution in [0.4, 0.5) is 0 Å². The Balaban J connectivity index is 1.69. The number of hydrogen-bond acceptors (Lipinski definition) is 9. The minimum absolute atomic E-state index is 0.143. The highest BCUT2D eigenvalue weighted by molar-refractivity contribution is 7.98. The van der Waals surface area contributed by atoms with E-state index in [2.05, 4.69) is 4.98 Å². The van der Waals surface area contributed by atoms with Gasteiger partial charge in [-0.05, 0) is 34.0 Å². The second kappa shape index (κ2) is 8.44. The van der Waals surface area contributed by atoms with Crippen molar-refractivity contribution in [3.05, 3.63) is 23.1 Å². The number of hydrogen-bond donors (Lipinski definition) is 1. The molecule has 1 fully saturated rings. The number of ether oxygens (including phenoxy) is 2. The van der Waals surface area contributed by atoms with E-state index in [1.54, 1.807) is 34.0 Å². The number of imidazole rings is 1. The van der Waals surface area contributed by atoms with Gasteiger partial charge >= 0.3 is 11.9 Å². The average Bonchev–Trinajstić information content (AvgIpc) is 3.36. The second-order valence-electron chi connectivity index (χ2n) is 9.31. The van der Waals surface area contributed by atoms with E-state index in [-0.39, 0.29) is 23.6 Å². The molecule has 11 heteroatoms. The van der Waals surface area contributed by atoms with Crippen molar-refractivity contribution in [2.24, 2.45) is 17.3 Å². The first-order chi connectivity index (χ1) is 15.5. The molecular weight excluding hydrogens is 466 g/mol. The summed E-state index contributed by atoms with van der Waals surface area (Å²) in [7, 11) is 0. The number of aliphatic hydroxyl groups excluding tert-OH is 1. The molecule has 0 bridgehead atoms. The number of aromatic nitrogens is 2. The Kier molecular flexibility index (Phi) is 6.08. The number of β-lactam (4-membered cyclic amide) rings is 1. The molecule has 0 saturated carbocycles. The third kappa shape index (κ3) is 3.85. The first kappa shape index (κ1) is 23.8. The van der Waals surface area contributed by atoms with Gasteiger partial charge in [0, 0.05) is 17.7 Å². The summed E-state index contributed by atoms with van der Waals surface area (Å²) < 4.78 is 12.2. The van der Waals surface area contributed by atoms with Gasteiger partial charge in [-0.3, -0.25) is 14.0 Å². The van der Waals surface area contributed by atoms with Gasteiger partial charge in [0.1, 0.15) is 21.9 Å². The highest BCUT2D eigenvalue weighted by Crippen LogP contribution is 2.52. The van der Waals surface area contributed by atoms with Gasteiger partial charge < -0.3 is 19.5 Å². The van der Waals surface area contributed by atoms with Crippen LogP contribution in [0.3, 0.4) is 0 Å². The number of aliphatic hydroxyl groups is 1. The van der Waals surface area contributed by atoms with Crippen molar-refractivity contribution in [2.75, 3.05) is 13.0 Å². The molecule has 0 radical (unpaired) electrons. The van der Waals surface area contributed by atoms with Crippen LogP contribution in [0.2, 0.25) is 0 Å². The molecule has 1 N–H and O–H groups in total. The Bertz CT molecular complexity index is 1160. The zero-order chi connectivity index (χ0) is 24.2. The van der Waals surface area contributed by atoms with Gasteiger partial charge in [-0.25, -0.2) is 9.78 Å². The summed E-state index contributed by atoms with van der Waals surface area (Å²) in [6, 6.07) is -0.341. The van der Waals surface area contributed by atoms with Gasteiger partial charge in [-0.2, -0.15) is 0 Å². The Morgan fingerprint density at radius 1 is 1.33 bits per heavy atom. The smallest absolute Gasteiger partial charge is 0.358 e. The van der Waals surface area contributed by atoms with Crippen LogP contribution in [0.25, 0.3) is 10.4 Å². The van der Waals surface area contributed by atoms with Crippen molar-refractivity contribution in [3.63, 3.8) is 0 Å². The predicted octanol–water partition coefficient (Wildman–Crippen LogP) is 2.78. The molecule has 0 spiro atoms. The van der Waals surface area contributed by atoms with Gasteiger partial charge in [-0.15, -0.1) is 23.1 Å². The van der Waals surface area contributed by atoms with Crippen LogP contribution in [-0.4, -0.2) is 62.4 Å². The van der Waals surface area contributed by atoms with E-state index in [9.17, 15) is 19.5 Å². The van der Waals surface area contributed by atoms with Crippen molar-refractivity contribution >= 4 is 51.3 Å². The Labute approximate surface area is 199 Å². The van der Waals surface area contributed by atoms with Gasteiger partial charge in [-0.1, -0.05) is 6.92 Å². The predicted molar refractivity (Wildman–Crippen MR) is 123 cm³/mol. The minimum Gasteiger partial charge on any atom is -0.427 e. The third-order valence-electron chi connectivity index (χ3n) is 6.00. The molecule has 33 heavy (non-hydrogen) atoms. The maximum absolute atomic E-state index is 13.1. The van der Waals surface area contributed by atoms with Crippen molar-refractivity contribution < 1.29 is 29.0 Å². The number of thioether (sulfide) groups is 1. The first-order valence-corrected chi connectivity index (χ1v) is 12.6. The number of carbonyl (C=O) groups is 3. The summed E-state index contributed by atoms with van der Waals surface area (Å²) in [5.41, 5.74) is 0.0950. The summed E-state index contributed by atoms with van der Waals surface area (Å²) in [5.74, 6) is -2.34. The molecule has 9 nitrogen and oxygen atoms in total. The molecule has 0 aliphatic carbocycles. The lowest BCUT2D eigenvalue weighted by molar-refractivity contribution is -0.175.